The maximum absolute atomic E-state index is 4.86. The zero-order valence-corrected chi connectivity index (χ0v) is 19.0. The highest BCUT2D eigenvalue weighted by Crippen LogP contribution is 2.28. The van der Waals surface area contributed by atoms with Crippen molar-refractivity contribution in [2.24, 2.45) is 5.92 Å². The lowest BCUT2D eigenvalue weighted by atomic mass is 10.0. The molecule has 0 aliphatic rings. The zero-order valence-electron chi connectivity index (χ0n) is 19.0. The van der Waals surface area contributed by atoms with E-state index in [9.17, 15) is 0 Å². The monoisotopic (exact) mass is 430 g/mol. The summed E-state index contributed by atoms with van der Waals surface area (Å²) in [5.74, 6) is 3.24. The Morgan fingerprint density at radius 1 is 1.06 bits per heavy atom. The van der Waals surface area contributed by atoms with Crippen LogP contribution in [0.4, 0.5) is 0 Å². The minimum atomic E-state index is 0.629. The van der Waals surface area contributed by atoms with Crippen LogP contribution in [0.3, 0.4) is 0 Å². The second-order valence-corrected chi connectivity index (χ2v) is 8.48. The van der Waals surface area contributed by atoms with Gasteiger partial charge < -0.3 is 0 Å². The maximum Gasteiger partial charge on any atom is 0.180 e. The Morgan fingerprint density at radius 2 is 1.91 bits per heavy atom. The first-order valence-electron chi connectivity index (χ1n) is 11.3. The van der Waals surface area contributed by atoms with E-state index in [2.05, 4.69) is 52.1 Å². The van der Waals surface area contributed by atoms with Gasteiger partial charge in [-0.1, -0.05) is 57.5 Å². The quantitative estimate of drug-likeness (QED) is 0.398. The number of unbranched alkanes of at least 4 members (excludes halogenated alkanes) is 1. The molecule has 3 heterocycles. The average molecular weight is 431 g/mol. The van der Waals surface area contributed by atoms with E-state index >= 15 is 0 Å². The molecule has 0 radical (unpaired) electrons. The van der Waals surface area contributed by atoms with Crippen LogP contribution in [0.1, 0.15) is 57.2 Å². The first-order chi connectivity index (χ1) is 15.6. The number of pyridine rings is 1. The van der Waals surface area contributed by atoms with Crippen molar-refractivity contribution in [1.82, 2.24) is 40.4 Å². The van der Waals surface area contributed by atoms with E-state index in [0.717, 1.165) is 72.7 Å². The van der Waals surface area contributed by atoms with Crippen LogP contribution in [0, 0.1) is 5.92 Å². The first kappa shape index (κ1) is 21.8. The lowest BCUT2D eigenvalue weighted by Gasteiger charge is -2.08. The molecule has 0 aliphatic heterocycles. The summed E-state index contributed by atoms with van der Waals surface area (Å²) in [4.78, 5) is 9.59. The normalized spacial score (nSPS) is 11.4. The van der Waals surface area contributed by atoms with E-state index in [-0.39, 0.29) is 0 Å². The highest BCUT2D eigenvalue weighted by Gasteiger charge is 2.13. The van der Waals surface area contributed by atoms with Crippen LogP contribution in [-0.2, 0) is 19.4 Å². The van der Waals surface area contributed by atoms with Crippen molar-refractivity contribution in [1.29, 1.82) is 0 Å². The maximum atomic E-state index is 4.86. The minimum Gasteiger partial charge on any atom is -0.256 e. The van der Waals surface area contributed by atoms with E-state index < -0.39 is 0 Å². The van der Waals surface area contributed by atoms with Crippen LogP contribution >= 0.6 is 0 Å². The SMILES string of the molecule is CCCCn1nc(CCC(C)C)nc1Cc1ccc(-c2ccccc2-c2nnn[nH]2)nc1. The minimum absolute atomic E-state index is 0.629. The van der Waals surface area contributed by atoms with Crippen molar-refractivity contribution >= 4 is 0 Å². The van der Waals surface area contributed by atoms with Gasteiger partial charge in [0.1, 0.15) is 5.82 Å². The Kier molecular flexibility index (Phi) is 6.99. The molecular formula is C24H30N8. The van der Waals surface area contributed by atoms with E-state index in [4.69, 9.17) is 15.1 Å². The molecule has 0 spiro atoms. The van der Waals surface area contributed by atoms with Crippen LogP contribution in [0.25, 0.3) is 22.6 Å². The summed E-state index contributed by atoms with van der Waals surface area (Å²) in [6.07, 6.45) is 6.92. The molecule has 4 rings (SSSR count). The van der Waals surface area contributed by atoms with Gasteiger partial charge in [-0.15, -0.1) is 5.10 Å². The molecule has 3 aromatic heterocycles. The molecule has 0 bridgehead atoms. The molecule has 0 unspecified atom stereocenters. The number of hydrogen-bond donors (Lipinski definition) is 1. The number of rotatable bonds is 10. The predicted molar refractivity (Wildman–Crippen MR) is 124 cm³/mol. The zero-order chi connectivity index (χ0) is 22.3. The third kappa shape index (κ3) is 5.25. The topological polar surface area (TPSA) is 98.1 Å². The van der Waals surface area contributed by atoms with Gasteiger partial charge in [0.15, 0.2) is 11.6 Å². The largest absolute Gasteiger partial charge is 0.256 e. The highest BCUT2D eigenvalue weighted by molar-refractivity contribution is 5.78. The van der Waals surface area contributed by atoms with Gasteiger partial charge in [-0.05, 0) is 40.8 Å². The number of benzene rings is 1. The first-order valence-corrected chi connectivity index (χ1v) is 11.3. The molecule has 4 aromatic rings. The Balaban J connectivity index is 1.54. The molecule has 0 aliphatic carbocycles. The van der Waals surface area contributed by atoms with E-state index in [0.29, 0.717) is 11.7 Å². The van der Waals surface area contributed by atoms with Gasteiger partial charge in [0.25, 0.3) is 0 Å². The van der Waals surface area contributed by atoms with E-state index in [1.165, 1.54) is 0 Å². The van der Waals surface area contributed by atoms with Crippen LogP contribution in [-0.4, -0.2) is 40.4 Å². The van der Waals surface area contributed by atoms with E-state index in [1.807, 2.05) is 36.5 Å². The molecule has 0 saturated heterocycles. The van der Waals surface area contributed by atoms with Gasteiger partial charge in [-0.2, -0.15) is 5.10 Å². The molecule has 1 N–H and O–H groups in total. The molecule has 166 valence electrons. The fourth-order valence-electron chi connectivity index (χ4n) is 3.62. The average Bonchev–Trinajstić information content (AvgIpc) is 3.47. The van der Waals surface area contributed by atoms with Gasteiger partial charge in [-0.3, -0.25) is 4.98 Å². The molecule has 0 amide bonds. The van der Waals surface area contributed by atoms with Crippen LogP contribution in [0.2, 0.25) is 0 Å². The van der Waals surface area contributed by atoms with Gasteiger partial charge in [-0.25, -0.2) is 14.8 Å². The Morgan fingerprint density at radius 3 is 2.59 bits per heavy atom. The number of nitrogens with one attached hydrogen (secondary N) is 1. The fourth-order valence-corrected chi connectivity index (χ4v) is 3.62. The fraction of sp³-hybridized carbons (Fsp3) is 0.417. The summed E-state index contributed by atoms with van der Waals surface area (Å²) in [6, 6.07) is 12.1. The summed E-state index contributed by atoms with van der Waals surface area (Å²) in [6.45, 7) is 7.58. The second-order valence-electron chi connectivity index (χ2n) is 8.48. The van der Waals surface area contributed by atoms with Crippen LogP contribution in [0.15, 0.2) is 42.6 Å². The third-order valence-corrected chi connectivity index (χ3v) is 5.45. The van der Waals surface area contributed by atoms with Crippen molar-refractivity contribution < 1.29 is 0 Å². The standard InChI is InChI=1S/C24H30N8/c1-4-5-14-32-23(26-22(29-32)13-10-17(2)3)15-18-11-12-21(25-16-18)19-8-6-7-9-20(19)24-27-30-31-28-24/h6-9,11-12,16-17H,4-5,10,13-15H2,1-3H3,(H,27,28,30,31). The summed E-state index contributed by atoms with van der Waals surface area (Å²) in [5, 5.41) is 19.0. The summed E-state index contributed by atoms with van der Waals surface area (Å²) in [7, 11) is 0. The highest BCUT2D eigenvalue weighted by atomic mass is 15.5. The number of aromatic nitrogens is 8. The smallest absolute Gasteiger partial charge is 0.180 e. The number of H-pyrrole nitrogens is 1. The third-order valence-electron chi connectivity index (χ3n) is 5.45. The molecule has 0 saturated carbocycles. The Hall–Kier alpha value is -3.42. The Bertz CT molecular complexity index is 1110. The molecule has 0 fully saturated rings. The number of hydrogen-bond acceptors (Lipinski definition) is 6. The predicted octanol–water partition coefficient (Wildman–Crippen LogP) is 4.50. The molecule has 1 aromatic carbocycles. The van der Waals surface area contributed by atoms with Gasteiger partial charge in [0.05, 0.1) is 5.69 Å². The van der Waals surface area contributed by atoms with Crippen molar-refractivity contribution in [3.8, 4) is 22.6 Å². The van der Waals surface area contributed by atoms with Crippen molar-refractivity contribution in [2.45, 2.75) is 59.4 Å². The lowest BCUT2D eigenvalue weighted by molar-refractivity contribution is 0.536. The van der Waals surface area contributed by atoms with Crippen molar-refractivity contribution in [3.05, 3.63) is 59.8 Å². The van der Waals surface area contributed by atoms with Crippen molar-refractivity contribution in [3.63, 3.8) is 0 Å². The molecule has 8 heteroatoms. The molecule has 0 atom stereocenters. The number of tetrazole rings is 1. The van der Waals surface area contributed by atoms with Crippen molar-refractivity contribution in [2.75, 3.05) is 0 Å². The summed E-state index contributed by atoms with van der Waals surface area (Å²) < 4.78 is 2.08. The molecule has 8 nitrogen and oxygen atoms in total. The van der Waals surface area contributed by atoms with Gasteiger partial charge >= 0.3 is 0 Å². The second kappa shape index (κ2) is 10.3. The lowest BCUT2D eigenvalue weighted by Crippen LogP contribution is -2.07. The number of aryl methyl sites for hydroxylation is 2. The molecule has 32 heavy (non-hydrogen) atoms. The summed E-state index contributed by atoms with van der Waals surface area (Å²) in [5.41, 5.74) is 3.91. The summed E-state index contributed by atoms with van der Waals surface area (Å²) >= 11 is 0. The van der Waals surface area contributed by atoms with Crippen LogP contribution in [0.5, 0.6) is 0 Å². The molecular weight excluding hydrogens is 400 g/mol. The van der Waals surface area contributed by atoms with Gasteiger partial charge in [0.2, 0.25) is 0 Å². The Labute approximate surface area is 188 Å². The van der Waals surface area contributed by atoms with E-state index in [1.54, 1.807) is 0 Å². The van der Waals surface area contributed by atoms with Gasteiger partial charge in [0, 0.05) is 36.7 Å². The van der Waals surface area contributed by atoms with Crippen LogP contribution < -0.4 is 0 Å². The number of aromatic amines is 1. The number of nitrogens with zero attached hydrogens (tertiary/aromatic N) is 7.